The van der Waals surface area contributed by atoms with E-state index in [9.17, 15) is 0 Å². The molecule has 14 heavy (non-hydrogen) atoms. The molecule has 0 radical (unpaired) electrons. The highest BCUT2D eigenvalue weighted by atomic mass is 32.1. The van der Waals surface area contributed by atoms with Crippen molar-refractivity contribution in [2.45, 2.75) is 33.0 Å². The van der Waals surface area contributed by atoms with Gasteiger partial charge in [-0.05, 0) is 25.6 Å². The number of thiol groups is 1. The summed E-state index contributed by atoms with van der Waals surface area (Å²) in [5.41, 5.74) is 0. The van der Waals surface area contributed by atoms with Crippen molar-refractivity contribution in [2.24, 2.45) is 0 Å². The summed E-state index contributed by atoms with van der Waals surface area (Å²) in [5, 5.41) is 0. The molecule has 0 bridgehead atoms. The van der Waals surface area contributed by atoms with Crippen LogP contribution in [0.3, 0.4) is 0 Å². The van der Waals surface area contributed by atoms with Crippen LogP contribution in [0.5, 0.6) is 0 Å². The van der Waals surface area contributed by atoms with Crippen molar-refractivity contribution < 1.29 is 14.2 Å². The third kappa shape index (κ3) is 8.74. The molecule has 1 unspecified atom stereocenters. The van der Waals surface area contributed by atoms with E-state index < -0.39 is 0 Å². The lowest BCUT2D eigenvalue weighted by Gasteiger charge is -2.17. The van der Waals surface area contributed by atoms with Gasteiger partial charge in [0, 0.05) is 13.2 Å². The standard InChI is InChI=1S/C9H18O3S2/c1-3-5-6-11-8(10-4-2)7-12-9(13)14/h8H,3-7H2,1-2H3,(H,13,14). The first kappa shape index (κ1) is 14.2. The minimum atomic E-state index is -0.336. The molecule has 0 aliphatic heterocycles. The maximum absolute atomic E-state index is 5.43. The van der Waals surface area contributed by atoms with Gasteiger partial charge in [0.1, 0.15) is 6.61 Å². The van der Waals surface area contributed by atoms with Crippen LogP contribution in [-0.4, -0.2) is 30.5 Å². The number of rotatable bonds is 8. The van der Waals surface area contributed by atoms with Crippen molar-refractivity contribution in [3.63, 3.8) is 0 Å². The molecule has 0 heterocycles. The first-order chi connectivity index (χ1) is 6.70. The zero-order chi connectivity index (χ0) is 10.8. The molecule has 0 saturated heterocycles. The van der Waals surface area contributed by atoms with Crippen molar-refractivity contribution >= 4 is 29.2 Å². The number of hydrogen-bond donors (Lipinski definition) is 1. The predicted molar refractivity (Wildman–Crippen MR) is 63.8 cm³/mol. The van der Waals surface area contributed by atoms with Crippen LogP contribution in [0.15, 0.2) is 0 Å². The molecule has 84 valence electrons. The molecule has 0 N–H and O–H groups in total. The second-order valence-electron chi connectivity index (χ2n) is 2.69. The summed E-state index contributed by atoms with van der Waals surface area (Å²) >= 11 is 8.51. The van der Waals surface area contributed by atoms with Gasteiger partial charge in [-0.1, -0.05) is 26.0 Å². The Morgan fingerprint density at radius 3 is 2.57 bits per heavy atom. The molecular weight excluding hydrogens is 220 g/mol. The Hall–Kier alpha value is 0.160. The minimum absolute atomic E-state index is 0.216. The van der Waals surface area contributed by atoms with E-state index in [0.717, 1.165) is 12.8 Å². The molecule has 5 heteroatoms. The first-order valence-electron chi connectivity index (χ1n) is 4.79. The van der Waals surface area contributed by atoms with Crippen molar-refractivity contribution in [2.75, 3.05) is 19.8 Å². The molecule has 0 fully saturated rings. The minimum Gasteiger partial charge on any atom is -0.473 e. The molecule has 0 amide bonds. The SMILES string of the molecule is CCCCOC(COC(=S)S)OCC. The quantitative estimate of drug-likeness (QED) is 0.304. The third-order valence-corrected chi connectivity index (χ3v) is 1.74. The monoisotopic (exact) mass is 238 g/mol. The van der Waals surface area contributed by atoms with Crippen LogP contribution in [0.25, 0.3) is 0 Å². The highest BCUT2D eigenvalue weighted by Crippen LogP contribution is 2.00. The maximum atomic E-state index is 5.43. The fraction of sp³-hybridized carbons (Fsp3) is 0.889. The smallest absolute Gasteiger partial charge is 0.216 e. The number of unbranched alkanes of at least 4 members (excludes halogenated alkanes) is 1. The zero-order valence-electron chi connectivity index (χ0n) is 8.69. The van der Waals surface area contributed by atoms with Gasteiger partial charge >= 0.3 is 0 Å². The zero-order valence-corrected chi connectivity index (χ0v) is 10.4. The average Bonchev–Trinajstić information content (AvgIpc) is 2.14. The summed E-state index contributed by atoms with van der Waals surface area (Å²) in [4.78, 5) is 0. The first-order valence-corrected chi connectivity index (χ1v) is 5.65. The Labute approximate surface area is 96.5 Å². The van der Waals surface area contributed by atoms with Gasteiger partial charge in [-0.15, -0.1) is 0 Å². The van der Waals surface area contributed by atoms with Gasteiger partial charge in [0.05, 0.1) is 0 Å². The van der Waals surface area contributed by atoms with Crippen LogP contribution in [0.2, 0.25) is 0 Å². The van der Waals surface area contributed by atoms with Crippen LogP contribution in [0.1, 0.15) is 26.7 Å². The topological polar surface area (TPSA) is 27.7 Å². The Morgan fingerprint density at radius 2 is 2.07 bits per heavy atom. The fourth-order valence-corrected chi connectivity index (χ4v) is 0.971. The summed E-state index contributed by atoms with van der Waals surface area (Å²) in [6, 6.07) is 0. The van der Waals surface area contributed by atoms with E-state index in [1.807, 2.05) is 6.92 Å². The number of ether oxygens (including phenoxy) is 3. The molecule has 0 saturated carbocycles. The largest absolute Gasteiger partial charge is 0.473 e. The molecule has 1 atom stereocenters. The molecular formula is C9H18O3S2. The van der Waals surface area contributed by atoms with Gasteiger partial charge < -0.3 is 14.2 Å². The Balaban J connectivity index is 3.59. The Kier molecular flexibility index (Phi) is 9.82. The van der Waals surface area contributed by atoms with E-state index in [2.05, 4.69) is 31.8 Å². The normalized spacial score (nSPS) is 12.5. The second kappa shape index (κ2) is 9.71. The van der Waals surface area contributed by atoms with Gasteiger partial charge in [-0.2, -0.15) is 0 Å². The van der Waals surface area contributed by atoms with Crippen molar-refractivity contribution in [1.29, 1.82) is 0 Å². The molecule has 3 nitrogen and oxygen atoms in total. The Morgan fingerprint density at radius 1 is 1.36 bits per heavy atom. The Bertz CT molecular complexity index is 153. The lowest BCUT2D eigenvalue weighted by molar-refractivity contribution is -0.156. The van der Waals surface area contributed by atoms with Crippen molar-refractivity contribution in [3.8, 4) is 0 Å². The van der Waals surface area contributed by atoms with E-state index in [1.54, 1.807) is 0 Å². The van der Waals surface area contributed by atoms with E-state index >= 15 is 0 Å². The van der Waals surface area contributed by atoms with Crippen LogP contribution >= 0.6 is 24.8 Å². The van der Waals surface area contributed by atoms with Crippen molar-refractivity contribution in [1.82, 2.24) is 0 Å². The molecule has 0 aromatic carbocycles. The maximum Gasteiger partial charge on any atom is 0.216 e. The summed E-state index contributed by atoms with van der Waals surface area (Å²) < 4.78 is 16.0. The highest BCUT2D eigenvalue weighted by Gasteiger charge is 2.09. The van der Waals surface area contributed by atoms with E-state index in [0.29, 0.717) is 19.8 Å². The van der Waals surface area contributed by atoms with Gasteiger partial charge in [-0.3, -0.25) is 0 Å². The van der Waals surface area contributed by atoms with Crippen LogP contribution < -0.4 is 0 Å². The molecule has 0 aliphatic carbocycles. The van der Waals surface area contributed by atoms with Crippen molar-refractivity contribution in [3.05, 3.63) is 0 Å². The van der Waals surface area contributed by atoms with Crippen LogP contribution in [0.4, 0.5) is 0 Å². The summed E-state index contributed by atoms with van der Waals surface area (Å²) in [6.45, 7) is 5.61. The molecule has 0 spiro atoms. The third-order valence-electron chi connectivity index (χ3n) is 1.50. The molecule has 0 aromatic rings. The summed E-state index contributed by atoms with van der Waals surface area (Å²) in [7, 11) is 0. The molecule has 0 rings (SSSR count). The van der Waals surface area contributed by atoms with E-state index in [4.69, 9.17) is 14.2 Å². The second-order valence-corrected chi connectivity index (χ2v) is 3.77. The summed E-state index contributed by atoms with van der Waals surface area (Å²) in [5.74, 6) is 0. The van der Waals surface area contributed by atoms with Gasteiger partial charge in [0.25, 0.3) is 0 Å². The summed E-state index contributed by atoms with van der Waals surface area (Å²) in [6.07, 6.45) is 1.79. The van der Waals surface area contributed by atoms with Crippen LogP contribution in [0, 0.1) is 0 Å². The highest BCUT2D eigenvalue weighted by molar-refractivity contribution is 8.10. The van der Waals surface area contributed by atoms with E-state index in [-0.39, 0.29) is 10.7 Å². The molecule has 0 aromatic heterocycles. The van der Waals surface area contributed by atoms with Gasteiger partial charge in [-0.25, -0.2) is 0 Å². The number of thiocarbonyl (C=S) groups is 1. The van der Waals surface area contributed by atoms with E-state index in [1.165, 1.54) is 0 Å². The predicted octanol–water partition coefficient (Wildman–Crippen LogP) is 2.40. The van der Waals surface area contributed by atoms with Gasteiger partial charge in [0.2, 0.25) is 4.38 Å². The number of hydrogen-bond acceptors (Lipinski definition) is 4. The van der Waals surface area contributed by atoms with Gasteiger partial charge in [0.15, 0.2) is 6.29 Å². The molecule has 0 aliphatic rings. The fourth-order valence-electron chi connectivity index (χ4n) is 0.829. The lowest BCUT2D eigenvalue weighted by Crippen LogP contribution is -2.24. The lowest BCUT2D eigenvalue weighted by atomic mass is 10.4. The van der Waals surface area contributed by atoms with Crippen LogP contribution in [-0.2, 0) is 14.2 Å². The average molecular weight is 238 g/mol.